The Morgan fingerprint density at radius 3 is 2.60 bits per heavy atom. The minimum atomic E-state index is -0.0947. The van der Waals surface area contributed by atoms with Crippen molar-refractivity contribution in [3.8, 4) is 11.3 Å². The van der Waals surface area contributed by atoms with Crippen LogP contribution in [0, 0.1) is 0 Å². The van der Waals surface area contributed by atoms with Crippen molar-refractivity contribution in [3.63, 3.8) is 0 Å². The van der Waals surface area contributed by atoms with E-state index in [9.17, 15) is 4.79 Å². The summed E-state index contributed by atoms with van der Waals surface area (Å²) in [5.74, 6) is 0. The molecule has 1 aliphatic rings. The highest BCUT2D eigenvalue weighted by Crippen LogP contribution is 2.27. The Balaban J connectivity index is 2.14. The summed E-state index contributed by atoms with van der Waals surface area (Å²) in [4.78, 5) is 12.1. The third-order valence-corrected chi connectivity index (χ3v) is 4.16. The van der Waals surface area contributed by atoms with Gasteiger partial charge >= 0.3 is 0 Å². The van der Waals surface area contributed by atoms with Crippen LogP contribution in [0.4, 0.5) is 5.69 Å². The lowest BCUT2D eigenvalue weighted by Gasteiger charge is -2.18. The number of benzene rings is 1. The monoisotopic (exact) mass is 268 g/mol. The molecule has 0 aliphatic heterocycles. The van der Waals surface area contributed by atoms with Crippen LogP contribution in [0.25, 0.3) is 11.3 Å². The van der Waals surface area contributed by atoms with Gasteiger partial charge in [-0.2, -0.15) is 0 Å². The van der Waals surface area contributed by atoms with E-state index < -0.39 is 0 Å². The zero-order chi connectivity index (χ0) is 14.1. The van der Waals surface area contributed by atoms with Crippen LogP contribution in [0.2, 0.25) is 0 Å². The van der Waals surface area contributed by atoms with Gasteiger partial charge in [0.05, 0.1) is 11.4 Å². The third-order valence-electron chi connectivity index (χ3n) is 4.16. The Morgan fingerprint density at radius 2 is 1.85 bits per heavy atom. The average Bonchev–Trinajstić information content (AvgIpc) is 2.49. The van der Waals surface area contributed by atoms with Crippen LogP contribution in [-0.4, -0.2) is 4.57 Å². The normalized spacial score (nSPS) is 14.1. The number of rotatable bonds is 2. The summed E-state index contributed by atoms with van der Waals surface area (Å²) in [6.45, 7) is 2.61. The molecule has 2 aromatic rings. The summed E-state index contributed by atoms with van der Waals surface area (Å²) in [5, 5.41) is 0. The fourth-order valence-corrected chi connectivity index (χ4v) is 3.05. The number of aryl methyl sites for hydroxylation is 2. The fraction of sp³-hybridized carbons (Fsp3) is 0.353. The van der Waals surface area contributed by atoms with Crippen molar-refractivity contribution < 1.29 is 0 Å². The number of anilines is 1. The second kappa shape index (κ2) is 5.16. The van der Waals surface area contributed by atoms with Crippen molar-refractivity contribution >= 4 is 5.69 Å². The van der Waals surface area contributed by atoms with E-state index in [-0.39, 0.29) is 5.56 Å². The first-order valence-corrected chi connectivity index (χ1v) is 7.32. The predicted octanol–water partition coefficient (Wildman–Crippen LogP) is 3.00. The Morgan fingerprint density at radius 1 is 1.10 bits per heavy atom. The average molecular weight is 268 g/mol. The first-order chi connectivity index (χ1) is 9.70. The maximum absolute atomic E-state index is 12.1. The van der Waals surface area contributed by atoms with Gasteiger partial charge in [-0.3, -0.25) is 4.79 Å². The van der Waals surface area contributed by atoms with Crippen LogP contribution in [-0.2, 0) is 19.4 Å². The lowest BCUT2D eigenvalue weighted by molar-refractivity contribution is 0.685. The minimum Gasteiger partial charge on any atom is -0.394 e. The molecule has 1 aliphatic carbocycles. The van der Waals surface area contributed by atoms with E-state index >= 15 is 0 Å². The van der Waals surface area contributed by atoms with Crippen LogP contribution in [0.1, 0.15) is 30.9 Å². The van der Waals surface area contributed by atoms with Crippen molar-refractivity contribution in [2.45, 2.75) is 39.2 Å². The molecule has 1 aromatic carbocycles. The van der Waals surface area contributed by atoms with Crippen LogP contribution in [0.5, 0.6) is 0 Å². The van der Waals surface area contributed by atoms with Gasteiger partial charge in [0.2, 0.25) is 0 Å². The van der Waals surface area contributed by atoms with E-state index in [1.54, 1.807) is 10.6 Å². The number of hydrogen-bond acceptors (Lipinski definition) is 2. The molecule has 20 heavy (non-hydrogen) atoms. The van der Waals surface area contributed by atoms with Crippen LogP contribution < -0.4 is 11.3 Å². The van der Waals surface area contributed by atoms with Gasteiger partial charge in [-0.15, -0.1) is 0 Å². The lowest BCUT2D eigenvalue weighted by Crippen LogP contribution is -2.23. The Labute approximate surface area is 119 Å². The van der Waals surface area contributed by atoms with Crippen LogP contribution >= 0.6 is 0 Å². The van der Waals surface area contributed by atoms with E-state index in [2.05, 4.69) is 18.2 Å². The Bertz CT molecular complexity index is 701. The highest BCUT2D eigenvalue weighted by atomic mass is 16.1. The second-order valence-corrected chi connectivity index (χ2v) is 5.41. The number of pyridine rings is 1. The topological polar surface area (TPSA) is 48.0 Å². The number of hydrogen-bond donors (Lipinski definition) is 1. The number of aromatic nitrogens is 1. The standard InChI is InChI=1S/C17H20N2O/c1-2-19-16(10-9-15(18)17(19)20)14-8-7-12-5-3-4-6-13(12)11-14/h7-11H,2-6,18H2,1H3. The molecule has 0 atom stereocenters. The zero-order valence-electron chi connectivity index (χ0n) is 11.9. The van der Waals surface area contributed by atoms with Gasteiger partial charge in [0.25, 0.3) is 5.56 Å². The van der Waals surface area contributed by atoms with Gasteiger partial charge in [0, 0.05) is 6.54 Å². The summed E-state index contributed by atoms with van der Waals surface area (Å²) in [5.41, 5.74) is 10.9. The molecule has 0 radical (unpaired) electrons. The van der Waals surface area contributed by atoms with E-state index in [0.717, 1.165) is 17.7 Å². The molecular formula is C17H20N2O. The summed E-state index contributed by atoms with van der Waals surface area (Å²) in [6.07, 6.45) is 4.87. The quantitative estimate of drug-likeness (QED) is 0.910. The number of nitrogens with zero attached hydrogens (tertiary/aromatic N) is 1. The van der Waals surface area contributed by atoms with Gasteiger partial charge in [0.1, 0.15) is 0 Å². The first kappa shape index (κ1) is 13.0. The molecular weight excluding hydrogens is 248 g/mol. The molecule has 3 nitrogen and oxygen atoms in total. The van der Waals surface area contributed by atoms with Gasteiger partial charge in [-0.05, 0) is 67.5 Å². The number of nitrogen functional groups attached to an aromatic ring is 1. The molecule has 0 unspecified atom stereocenters. The van der Waals surface area contributed by atoms with Gasteiger partial charge in [0.15, 0.2) is 0 Å². The highest BCUT2D eigenvalue weighted by molar-refractivity contribution is 5.63. The molecule has 0 saturated carbocycles. The van der Waals surface area contributed by atoms with E-state index in [1.807, 2.05) is 13.0 Å². The molecule has 0 amide bonds. The van der Waals surface area contributed by atoms with Crippen molar-refractivity contribution in [2.75, 3.05) is 5.73 Å². The SMILES string of the molecule is CCn1c(-c2ccc3c(c2)CCCC3)ccc(N)c1=O. The summed E-state index contributed by atoms with van der Waals surface area (Å²) in [6, 6.07) is 10.2. The van der Waals surface area contributed by atoms with E-state index in [4.69, 9.17) is 5.73 Å². The lowest BCUT2D eigenvalue weighted by atomic mass is 9.90. The summed E-state index contributed by atoms with van der Waals surface area (Å²) >= 11 is 0. The molecule has 1 aromatic heterocycles. The van der Waals surface area contributed by atoms with Crippen molar-refractivity contribution in [1.29, 1.82) is 0 Å². The van der Waals surface area contributed by atoms with Crippen molar-refractivity contribution in [2.24, 2.45) is 0 Å². The zero-order valence-corrected chi connectivity index (χ0v) is 11.9. The fourth-order valence-electron chi connectivity index (χ4n) is 3.05. The maximum atomic E-state index is 12.1. The highest BCUT2D eigenvalue weighted by Gasteiger charge is 2.12. The maximum Gasteiger partial charge on any atom is 0.274 e. The molecule has 104 valence electrons. The first-order valence-electron chi connectivity index (χ1n) is 7.32. The van der Waals surface area contributed by atoms with Crippen molar-refractivity contribution in [1.82, 2.24) is 4.57 Å². The largest absolute Gasteiger partial charge is 0.394 e. The minimum absolute atomic E-state index is 0.0947. The molecule has 0 fully saturated rings. The van der Waals surface area contributed by atoms with Crippen LogP contribution in [0.3, 0.4) is 0 Å². The molecule has 3 heteroatoms. The Hall–Kier alpha value is -2.03. The number of fused-ring (bicyclic) bond motifs is 1. The number of nitrogens with two attached hydrogens (primary N) is 1. The van der Waals surface area contributed by atoms with Crippen LogP contribution in [0.15, 0.2) is 35.1 Å². The van der Waals surface area contributed by atoms with E-state index in [0.29, 0.717) is 12.2 Å². The third kappa shape index (κ3) is 2.13. The molecule has 0 saturated heterocycles. The smallest absolute Gasteiger partial charge is 0.274 e. The van der Waals surface area contributed by atoms with Gasteiger partial charge in [-0.1, -0.05) is 12.1 Å². The van der Waals surface area contributed by atoms with Gasteiger partial charge in [-0.25, -0.2) is 0 Å². The molecule has 2 N–H and O–H groups in total. The second-order valence-electron chi connectivity index (χ2n) is 5.41. The predicted molar refractivity (Wildman–Crippen MR) is 82.9 cm³/mol. The Kier molecular flexibility index (Phi) is 3.35. The summed E-state index contributed by atoms with van der Waals surface area (Å²) < 4.78 is 1.75. The molecule has 3 rings (SSSR count). The molecule has 0 spiro atoms. The summed E-state index contributed by atoms with van der Waals surface area (Å²) in [7, 11) is 0. The van der Waals surface area contributed by atoms with Crippen molar-refractivity contribution in [3.05, 3.63) is 51.8 Å². The molecule has 0 bridgehead atoms. The molecule has 1 heterocycles. The van der Waals surface area contributed by atoms with E-state index in [1.165, 1.54) is 30.4 Å². The van der Waals surface area contributed by atoms with Gasteiger partial charge < -0.3 is 10.3 Å².